The van der Waals surface area contributed by atoms with Crippen molar-refractivity contribution in [3.8, 4) is 0 Å². The molecule has 1 aromatic rings. The molecule has 7 heteroatoms. The van der Waals surface area contributed by atoms with Crippen LogP contribution >= 0.6 is 27.5 Å². The van der Waals surface area contributed by atoms with Crippen molar-refractivity contribution in [2.24, 2.45) is 0 Å². The summed E-state index contributed by atoms with van der Waals surface area (Å²) in [5.41, 5.74) is -0.823. The van der Waals surface area contributed by atoms with Crippen LogP contribution in [-0.4, -0.2) is 40.4 Å². The predicted octanol–water partition coefficient (Wildman–Crippen LogP) is 1.46. The summed E-state index contributed by atoms with van der Waals surface area (Å²) in [7, 11) is 0. The Balaban J connectivity index is 2.02. The van der Waals surface area contributed by atoms with E-state index < -0.39 is 5.60 Å². The van der Waals surface area contributed by atoms with Crippen molar-refractivity contribution in [2.45, 2.75) is 12.0 Å². The molecular formula is C9H11BrClN3O2. The van der Waals surface area contributed by atoms with Crippen molar-refractivity contribution < 1.29 is 9.84 Å². The molecule has 1 atom stereocenters. The van der Waals surface area contributed by atoms with Crippen LogP contribution in [0.2, 0.25) is 5.15 Å². The lowest BCUT2D eigenvalue weighted by Crippen LogP contribution is -2.37. The quantitative estimate of drug-likeness (QED) is 0.828. The summed E-state index contributed by atoms with van der Waals surface area (Å²) >= 11 is 9.09. The Hall–Kier alpha value is -0.430. The number of hydrogen-bond donors (Lipinski definition) is 2. The van der Waals surface area contributed by atoms with Gasteiger partial charge in [0.2, 0.25) is 0 Å². The zero-order chi connectivity index (χ0) is 11.6. The van der Waals surface area contributed by atoms with Crippen LogP contribution in [0, 0.1) is 0 Å². The Labute approximate surface area is 106 Å². The van der Waals surface area contributed by atoms with Crippen molar-refractivity contribution in [3.63, 3.8) is 0 Å². The number of rotatable bonds is 3. The molecule has 0 aromatic carbocycles. The van der Waals surface area contributed by atoms with Gasteiger partial charge in [0, 0.05) is 19.6 Å². The Morgan fingerprint density at radius 3 is 3.12 bits per heavy atom. The van der Waals surface area contributed by atoms with E-state index in [0.29, 0.717) is 41.6 Å². The molecule has 0 amide bonds. The third-order valence-corrected chi connectivity index (χ3v) is 3.68. The minimum atomic E-state index is -0.823. The highest BCUT2D eigenvalue weighted by Crippen LogP contribution is 2.27. The van der Waals surface area contributed by atoms with Gasteiger partial charge in [-0.2, -0.15) is 0 Å². The average molecular weight is 309 g/mol. The third-order valence-electron chi connectivity index (χ3n) is 2.41. The van der Waals surface area contributed by atoms with Crippen LogP contribution in [0.3, 0.4) is 0 Å². The maximum absolute atomic E-state index is 10.0. The van der Waals surface area contributed by atoms with Gasteiger partial charge in [-0.05, 0) is 15.9 Å². The molecule has 1 aromatic heterocycles. The molecule has 1 aliphatic heterocycles. The minimum Gasteiger partial charge on any atom is -0.386 e. The SMILES string of the molecule is OC1(CNc2ncnc(Cl)c2Br)CCOC1. The van der Waals surface area contributed by atoms with Crippen LogP contribution in [0.1, 0.15) is 6.42 Å². The van der Waals surface area contributed by atoms with Gasteiger partial charge in [0.1, 0.15) is 22.9 Å². The summed E-state index contributed by atoms with van der Waals surface area (Å²) in [6.45, 7) is 1.30. The summed E-state index contributed by atoms with van der Waals surface area (Å²) in [6, 6.07) is 0. The van der Waals surface area contributed by atoms with Crippen LogP contribution < -0.4 is 5.32 Å². The third kappa shape index (κ3) is 2.63. The first-order valence-corrected chi connectivity index (χ1v) is 5.98. The first kappa shape index (κ1) is 12.0. The normalized spacial score (nSPS) is 24.7. The van der Waals surface area contributed by atoms with E-state index in [9.17, 15) is 5.11 Å². The molecular weight excluding hydrogens is 297 g/mol. The molecule has 88 valence electrons. The van der Waals surface area contributed by atoms with E-state index in [1.54, 1.807) is 0 Å². The molecule has 1 fully saturated rings. The summed E-state index contributed by atoms with van der Waals surface area (Å²) in [5, 5.41) is 13.4. The second-order valence-corrected chi connectivity index (χ2v) is 4.86. The number of halogens is 2. The molecule has 1 aliphatic rings. The van der Waals surface area contributed by atoms with E-state index in [1.165, 1.54) is 6.33 Å². The molecule has 0 spiro atoms. The van der Waals surface area contributed by atoms with Gasteiger partial charge >= 0.3 is 0 Å². The topological polar surface area (TPSA) is 67.3 Å². The van der Waals surface area contributed by atoms with Crippen molar-refractivity contribution in [1.82, 2.24) is 9.97 Å². The maximum Gasteiger partial charge on any atom is 0.148 e. The molecule has 5 nitrogen and oxygen atoms in total. The standard InChI is InChI=1S/C9H11BrClN3O2/c10-6-7(11)13-5-14-8(6)12-3-9(15)1-2-16-4-9/h5,15H,1-4H2,(H,12,13,14). The molecule has 0 bridgehead atoms. The smallest absolute Gasteiger partial charge is 0.148 e. The summed E-state index contributed by atoms with van der Waals surface area (Å²) in [5.74, 6) is 0.570. The molecule has 0 saturated carbocycles. The van der Waals surface area contributed by atoms with E-state index in [1.807, 2.05) is 0 Å². The Kier molecular flexibility index (Phi) is 3.63. The Bertz CT molecular complexity index is 385. The van der Waals surface area contributed by atoms with Gasteiger partial charge in [0.05, 0.1) is 11.1 Å². The van der Waals surface area contributed by atoms with Gasteiger partial charge in [-0.1, -0.05) is 11.6 Å². The van der Waals surface area contributed by atoms with Gasteiger partial charge in [-0.15, -0.1) is 0 Å². The number of nitrogens with zero attached hydrogens (tertiary/aromatic N) is 2. The van der Waals surface area contributed by atoms with E-state index in [-0.39, 0.29) is 0 Å². The lowest BCUT2D eigenvalue weighted by Gasteiger charge is -2.21. The molecule has 0 aliphatic carbocycles. The molecule has 1 saturated heterocycles. The number of aromatic nitrogens is 2. The fraction of sp³-hybridized carbons (Fsp3) is 0.556. The highest BCUT2D eigenvalue weighted by molar-refractivity contribution is 9.10. The lowest BCUT2D eigenvalue weighted by atomic mass is 10.0. The molecule has 2 N–H and O–H groups in total. The fourth-order valence-electron chi connectivity index (χ4n) is 1.46. The molecule has 1 unspecified atom stereocenters. The minimum absolute atomic E-state index is 0.340. The molecule has 16 heavy (non-hydrogen) atoms. The largest absolute Gasteiger partial charge is 0.386 e. The summed E-state index contributed by atoms with van der Waals surface area (Å²) < 4.78 is 5.74. The van der Waals surface area contributed by atoms with E-state index in [0.717, 1.165) is 0 Å². The highest BCUT2D eigenvalue weighted by Gasteiger charge is 2.32. The van der Waals surface area contributed by atoms with Gasteiger partial charge in [0.25, 0.3) is 0 Å². The molecule has 2 rings (SSSR count). The zero-order valence-corrected chi connectivity index (χ0v) is 10.8. The van der Waals surface area contributed by atoms with E-state index in [2.05, 4.69) is 31.2 Å². The highest BCUT2D eigenvalue weighted by atomic mass is 79.9. The Morgan fingerprint density at radius 2 is 2.44 bits per heavy atom. The van der Waals surface area contributed by atoms with E-state index in [4.69, 9.17) is 16.3 Å². The van der Waals surface area contributed by atoms with Gasteiger partial charge in [-0.25, -0.2) is 9.97 Å². The fourth-order valence-corrected chi connectivity index (χ4v) is 1.93. The van der Waals surface area contributed by atoms with Gasteiger partial charge < -0.3 is 15.2 Å². The van der Waals surface area contributed by atoms with Gasteiger partial charge in [-0.3, -0.25) is 0 Å². The lowest BCUT2D eigenvalue weighted by molar-refractivity contribution is 0.0381. The molecule has 2 heterocycles. The zero-order valence-electron chi connectivity index (χ0n) is 8.41. The van der Waals surface area contributed by atoms with Crippen molar-refractivity contribution in [3.05, 3.63) is 16.0 Å². The van der Waals surface area contributed by atoms with E-state index >= 15 is 0 Å². The van der Waals surface area contributed by atoms with Crippen LogP contribution in [0.5, 0.6) is 0 Å². The number of anilines is 1. The first-order chi connectivity index (χ1) is 7.61. The van der Waals surface area contributed by atoms with Crippen LogP contribution in [-0.2, 0) is 4.74 Å². The maximum atomic E-state index is 10.0. The van der Waals surface area contributed by atoms with Crippen molar-refractivity contribution in [1.29, 1.82) is 0 Å². The average Bonchev–Trinajstić information content (AvgIpc) is 2.68. The number of hydrogen-bond acceptors (Lipinski definition) is 5. The van der Waals surface area contributed by atoms with Crippen molar-refractivity contribution in [2.75, 3.05) is 25.1 Å². The number of nitrogens with one attached hydrogen (secondary N) is 1. The second kappa shape index (κ2) is 4.83. The number of aliphatic hydroxyl groups is 1. The summed E-state index contributed by atoms with van der Waals surface area (Å²) in [4.78, 5) is 7.84. The predicted molar refractivity (Wildman–Crippen MR) is 63.6 cm³/mol. The Morgan fingerprint density at radius 1 is 1.62 bits per heavy atom. The molecule has 0 radical (unpaired) electrons. The van der Waals surface area contributed by atoms with Crippen molar-refractivity contribution >= 4 is 33.3 Å². The first-order valence-electron chi connectivity index (χ1n) is 4.81. The van der Waals surface area contributed by atoms with Gasteiger partial charge in [0.15, 0.2) is 0 Å². The van der Waals surface area contributed by atoms with Crippen LogP contribution in [0.4, 0.5) is 5.82 Å². The van der Waals surface area contributed by atoms with Crippen LogP contribution in [0.15, 0.2) is 10.8 Å². The van der Waals surface area contributed by atoms with Crippen LogP contribution in [0.25, 0.3) is 0 Å². The summed E-state index contributed by atoms with van der Waals surface area (Å²) in [6.07, 6.45) is 1.99. The second-order valence-electron chi connectivity index (χ2n) is 3.71. The number of ether oxygens (including phenoxy) is 1. The monoisotopic (exact) mass is 307 g/mol.